The molecule has 0 aliphatic rings. The Balaban J connectivity index is 1.88. The Morgan fingerprint density at radius 2 is 1.76 bits per heavy atom. The maximum Gasteiger partial charge on any atom is 0.224 e. The SMILES string of the molecule is Cc1cc(C)cc(NC(=O)CCC(=O)c2ccc(Cl)s2)c1. The molecule has 0 aliphatic heterocycles. The van der Waals surface area contributed by atoms with Crippen molar-refractivity contribution in [3.8, 4) is 0 Å². The van der Waals surface area contributed by atoms with Gasteiger partial charge in [-0.05, 0) is 49.2 Å². The van der Waals surface area contributed by atoms with Crippen LogP contribution in [0.1, 0.15) is 33.6 Å². The Labute approximate surface area is 132 Å². The highest BCUT2D eigenvalue weighted by molar-refractivity contribution is 7.18. The fourth-order valence-corrected chi connectivity index (χ4v) is 3.10. The van der Waals surface area contributed by atoms with Gasteiger partial charge in [0.05, 0.1) is 9.21 Å². The van der Waals surface area contributed by atoms with Crippen LogP contribution >= 0.6 is 22.9 Å². The van der Waals surface area contributed by atoms with Crippen molar-refractivity contribution in [2.75, 3.05) is 5.32 Å². The number of ketones is 1. The second-order valence-electron chi connectivity index (χ2n) is 4.95. The van der Waals surface area contributed by atoms with Crippen LogP contribution in [0.15, 0.2) is 30.3 Å². The number of anilines is 1. The molecule has 0 unspecified atom stereocenters. The van der Waals surface area contributed by atoms with E-state index in [2.05, 4.69) is 5.32 Å². The number of benzene rings is 1. The van der Waals surface area contributed by atoms with Crippen molar-refractivity contribution in [1.82, 2.24) is 0 Å². The fraction of sp³-hybridized carbons (Fsp3) is 0.250. The topological polar surface area (TPSA) is 46.2 Å². The van der Waals surface area contributed by atoms with Crippen molar-refractivity contribution >= 4 is 40.3 Å². The zero-order valence-corrected chi connectivity index (χ0v) is 13.5. The Morgan fingerprint density at radius 3 is 2.33 bits per heavy atom. The van der Waals surface area contributed by atoms with Crippen LogP contribution in [0.5, 0.6) is 0 Å². The molecule has 1 amide bonds. The quantitative estimate of drug-likeness (QED) is 0.817. The summed E-state index contributed by atoms with van der Waals surface area (Å²) in [5.74, 6) is -0.210. The molecular formula is C16H16ClNO2S. The van der Waals surface area contributed by atoms with E-state index in [-0.39, 0.29) is 24.5 Å². The molecule has 0 aliphatic carbocycles. The molecule has 1 aromatic heterocycles. The van der Waals surface area contributed by atoms with Crippen molar-refractivity contribution in [2.24, 2.45) is 0 Å². The first-order valence-corrected chi connectivity index (χ1v) is 7.80. The average molecular weight is 322 g/mol. The molecule has 5 heteroatoms. The lowest BCUT2D eigenvalue weighted by Gasteiger charge is -2.07. The van der Waals surface area contributed by atoms with Crippen LogP contribution < -0.4 is 5.32 Å². The molecule has 1 aromatic carbocycles. The lowest BCUT2D eigenvalue weighted by Crippen LogP contribution is -2.13. The molecular weight excluding hydrogens is 306 g/mol. The van der Waals surface area contributed by atoms with E-state index in [1.165, 1.54) is 11.3 Å². The van der Waals surface area contributed by atoms with Gasteiger partial charge >= 0.3 is 0 Å². The molecule has 2 rings (SSSR count). The van der Waals surface area contributed by atoms with Crippen molar-refractivity contribution in [2.45, 2.75) is 26.7 Å². The molecule has 0 atom stereocenters. The first kappa shape index (κ1) is 15.7. The molecule has 0 fully saturated rings. The molecule has 0 bridgehead atoms. The number of Topliss-reactive ketones (excluding diaryl/α,β-unsaturated/α-hetero) is 1. The van der Waals surface area contributed by atoms with Crippen molar-refractivity contribution in [1.29, 1.82) is 0 Å². The van der Waals surface area contributed by atoms with E-state index in [9.17, 15) is 9.59 Å². The van der Waals surface area contributed by atoms with E-state index in [0.717, 1.165) is 16.8 Å². The monoisotopic (exact) mass is 321 g/mol. The van der Waals surface area contributed by atoms with Crippen LogP contribution in [0.3, 0.4) is 0 Å². The largest absolute Gasteiger partial charge is 0.326 e. The second kappa shape index (κ2) is 6.87. The third-order valence-electron chi connectivity index (χ3n) is 2.93. The number of hydrogen-bond donors (Lipinski definition) is 1. The Morgan fingerprint density at radius 1 is 1.10 bits per heavy atom. The predicted molar refractivity (Wildman–Crippen MR) is 87.4 cm³/mol. The number of rotatable bonds is 5. The van der Waals surface area contributed by atoms with E-state index in [4.69, 9.17) is 11.6 Å². The van der Waals surface area contributed by atoms with Gasteiger partial charge in [0.2, 0.25) is 5.91 Å². The highest BCUT2D eigenvalue weighted by atomic mass is 35.5. The van der Waals surface area contributed by atoms with Gasteiger partial charge in [0.15, 0.2) is 5.78 Å². The second-order valence-corrected chi connectivity index (χ2v) is 6.67. The van der Waals surface area contributed by atoms with Crippen LogP contribution in [0.25, 0.3) is 0 Å². The number of aryl methyl sites for hydroxylation is 2. The summed E-state index contributed by atoms with van der Waals surface area (Å²) in [6.07, 6.45) is 0.356. The number of carbonyl (C=O) groups is 2. The first-order chi connectivity index (χ1) is 9.94. The molecule has 0 radical (unpaired) electrons. The van der Waals surface area contributed by atoms with E-state index >= 15 is 0 Å². The molecule has 21 heavy (non-hydrogen) atoms. The molecule has 0 saturated heterocycles. The summed E-state index contributed by atoms with van der Waals surface area (Å²) in [5, 5.41) is 2.82. The summed E-state index contributed by atoms with van der Waals surface area (Å²) in [4.78, 5) is 24.4. The van der Waals surface area contributed by atoms with E-state index in [0.29, 0.717) is 9.21 Å². The van der Waals surface area contributed by atoms with Gasteiger partial charge in [0, 0.05) is 18.5 Å². The minimum absolute atomic E-state index is 0.0533. The van der Waals surface area contributed by atoms with Gasteiger partial charge in [-0.3, -0.25) is 9.59 Å². The molecule has 1 heterocycles. The standard InChI is InChI=1S/C16H16ClNO2S/c1-10-7-11(2)9-12(8-10)18-16(20)6-3-13(19)14-4-5-15(17)21-14/h4-5,7-9H,3,6H2,1-2H3,(H,18,20). The summed E-state index contributed by atoms with van der Waals surface area (Å²) >= 11 is 7.03. The van der Waals surface area contributed by atoms with Gasteiger partial charge in [0.1, 0.15) is 0 Å². The van der Waals surface area contributed by atoms with Gasteiger partial charge in [-0.15, -0.1) is 11.3 Å². The number of hydrogen-bond acceptors (Lipinski definition) is 3. The number of thiophene rings is 1. The molecule has 0 spiro atoms. The van der Waals surface area contributed by atoms with E-state index in [1.54, 1.807) is 12.1 Å². The van der Waals surface area contributed by atoms with Crippen molar-refractivity contribution in [3.63, 3.8) is 0 Å². The van der Waals surface area contributed by atoms with Gasteiger partial charge in [-0.1, -0.05) is 17.7 Å². The van der Waals surface area contributed by atoms with Crippen LogP contribution in [-0.4, -0.2) is 11.7 Å². The van der Waals surface area contributed by atoms with E-state index in [1.807, 2.05) is 32.0 Å². The molecule has 110 valence electrons. The van der Waals surface area contributed by atoms with Crippen LogP contribution in [0, 0.1) is 13.8 Å². The maximum absolute atomic E-state index is 11.9. The highest BCUT2D eigenvalue weighted by Gasteiger charge is 2.11. The fourth-order valence-electron chi connectivity index (χ4n) is 2.08. The highest BCUT2D eigenvalue weighted by Crippen LogP contribution is 2.23. The third-order valence-corrected chi connectivity index (χ3v) is 4.20. The van der Waals surface area contributed by atoms with Crippen LogP contribution in [0.2, 0.25) is 4.34 Å². The Bertz CT molecular complexity index is 658. The van der Waals surface area contributed by atoms with Gasteiger partial charge in [0.25, 0.3) is 0 Å². The predicted octanol–water partition coefficient (Wildman–Crippen LogP) is 4.62. The Hall–Kier alpha value is -1.65. The summed E-state index contributed by atoms with van der Waals surface area (Å²) < 4.78 is 0.582. The van der Waals surface area contributed by atoms with Gasteiger partial charge in [-0.25, -0.2) is 0 Å². The lowest BCUT2D eigenvalue weighted by atomic mass is 10.1. The average Bonchev–Trinajstić information content (AvgIpc) is 2.81. The van der Waals surface area contributed by atoms with E-state index < -0.39 is 0 Å². The van der Waals surface area contributed by atoms with Crippen LogP contribution in [-0.2, 0) is 4.79 Å². The minimum Gasteiger partial charge on any atom is -0.326 e. The molecule has 3 nitrogen and oxygen atoms in total. The first-order valence-electron chi connectivity index (χ1n) is 6.61. The number of carbonyl (C=O) groups excluding carboxylic acids is 2. The van der Waals surface area contributed by atoms with Gasteiger partial charge < -0.3 is 5.32 Å². The molecule has 0 saturated carbocycles. The Kier molecular flexibility index (Phi) is 5.15. The van der Waals surface area contributed by atoms with Crippen LogP contribution in [0.4, 0.5) is 5.69 Å². The minimum atomic E-state index is -0.156. The normalized spacial score (nSPS) is 10.4. The van der Waals surface area contributed by atoms with Gasteiger partial charge in [-0.2, -0.15) is 0 Å². The summed E-state index contributed by atoms with van der Waals surface area (Å²) in [6, 6.07) is 9.24. The third kappa shape index (κ3) is 4.69. The number of halogens is 1. The lowest BCUT2D eigenvalue weighted by molar-refractivity contribution is -0.116. The number of amides is 1. The smallest absolute Gasteiger partial charge is 0.224 e. The molecule has 2 aromatic rings. The number of nitrogens with one attached hydrogen (secondary N) is 1. The summed E-state index contributed by atoms with van der Waals surface area (Å²) in [5.41, 5.74) is 2.95. The van der Waals surface area contributed by atoms with Crippen molar-refractivity contribution < 1.29 is 9.59 Å². The zero-order valence-electron chi connectivity index (χ0n) is 11.9. The van der Waals surface area contributed by atoms with Crippen molar-refractivity contribution in [3.05, 3.63) is 50.7 Å². The maximum atomic E-state index is 11.9. The summed E-state index contributed by atoms with van der Waals surface area (Å²) in [6.45, 7) is 3.96. The summed E-state index contributed by atoms with van der Waals surface area (Å²) in [7, 11) is 0. The zero-order chi connectivity index (χ0) is 15.4. The molecule has 1 N–H and O–H groups in total.